The standard InChI is InChI=1S/C15H16BrN5/c1-9(2)13-14(18-3)19-8-20-15(13)21-12-5-4-11(16)6-10(12)7-17/h4-6,8-9H,1-3H3,(H2,18,19,20,21). The van der Waals surface area contributed by atoms with Gasteiger partial charge in [0, 0.05) is 17.1 Å². The third-order valence-corrected chi connectivity index (χ3v) is 3.55. The summed E-state index contributed by atoms with van der Waals surface area (Å²) in [5.41, 5.74) is 2.28. The first kappa shape index (κ1) is 15.3. The normalized spacial score (nSPS) is 10.3. The molecule has 0 saturated carbocycles. The van der Waals surface area contributed by atoms with Gasteiger partial charge >= 0.3 is 0 Å². The average molecular weight is 346 g/mol. The fourth-order valence-corrected chi connectivity index (χ4v) is 2.45. The number of rotatable bonds is 4. The molecule has 6 heteroatoms. The Morgan fingerprint density at radius 3 is 2.57 bits per heavy atom. The summed E-state index contributed by atoms with van der Waals surface area (Å²) >= 11 is 3.37. The number of nitrogens with zero attached hydrogens (tertiary/aromatic N) is 3. The molecule has 0 unspecified atom stereocenters. The molecule has 0 aliphatic carbocycles. The van der Waals surface area contributed by atoms with Crippen LogP contribution in [0.15, 0.2) is 29.0 Å². The molecule has 0 saturated heterocycles. The summed E-state index contributed by atoms with van der Waals surface area (Å²) in [6.07, 6.45) is 1.50. The molecule has 0 radical (unpaired) electrons. The molecule has 0 atom stereocenters. The van der Waals surface area contributed by atoms with E-state index in [2.05, 4.69) is 56.4 Å². The first-order chi connectivity index (χ1) is 10.1. The summed E-state index contributed by atoms with van der Waals surface area (Å²) in [5.74, 6) is 1.75. The van der Waals surface area contributed by atoms with Crippen molar-refractivity contribution in [3.63, 3.8) is 0 Å². The second-order valence-corrected chi connectivity index (χ2v) is 5.73. The Morgan fingerprint density at radius 2 is 1.95 bits per heavy atom. The van der Waals surface area contributed by atoms with Gasteiger partial charge in [0.15, 0.2) is 0 Å². The van der Waals surface area contributed by atoms with Crippen LogP contribution in [0.2, 0.25) is 0 Å². The van der Waals surface area contributed by atoms with Crippen molar-refractivity contribution in [3.8, 4) is 6.07 Å². The molecule has 0 spiro atoms. The number of nitrogens with one attached hydrogen (secondary N) is 2. The first-order valence-electron chi connectivity index (χ1n) is 6.56. The Balaban J connectivity index is 2.48. The molecule has 21 heavy (non-hydrogen) atoms. The number of hydrogen-bond acceptors (Lipinski definition) is 5. The topological polar surface area (TPSA) is 73.6 Å². The summed E-state index contributed by atoms with van der Waals surface area (Å²) in [7, 11) is 1.83. The first-order valence-corrected chi connectivity index (χ1v) is 7.35. The summed E-state index contributed by atoms with van der Waals surface area (Å²) in [6, 6.07) is 7.70. The largest absolute Gasteiger partial charge is 0.373 e. The minimum absolute atomic E-state index is 0.247. The van der Waals surface area contributed by atoms with Crippen molar-refractivity contribution in [2.75, 3.05) is 17.7 Å². The van der Waals surface area contributed by atoms with Gasteiger partial charge in [-0.3, -0.25) is 0 Å². The van der Waals surface area contributed by atoms with Crippen molar-refractivity contribution in [1.82, 2.24) is 9.97 Å². The number of aromatic nitrogens is 2. The molecule has 2 N–H and O–H groups in total. The van der Waals surface area contributed by atoms with Gasteiger partial charge in [-0.2, -0.15) is 5.26 Å². The lowest BCUT2D eigenvalue weighted by molar-refractivity contribution is 0.852. The molecule has 0 aliphatic heterocycles. The number of benzene rings is 1. The van der Waals surface area contributed by atoms with Crippen molar-refractivity contribution in [1.29, 1.82) is 5.26 Å². The van der Waals surface area contributed by atoms with E-state index >= 15 is 0 Å². The van der Waals surface area contributed by atoms with E-state index in [4.69, 9.17) is 0 Å². The number of anilines is 3. The van der Waals surface area contributed by atoms with Crippen molar-refractivity contribution in [3.05, 3.63) is 40.1 Å². The fourth-order valence-electron chi connectivity index (χ4n) is 2.09. The highest BCUT2D eigenvalue weighted by atomic mass is 79.9. The van der Waals surface area contributed by atoms with Crippen molar-refractivity contribution in [2.24, 2.45) is 0 Å². The molecular formula is C15H16BrN5. The van der Waals surface area contributed by atoms with Gasteiger partial charge in [0.25, 0.3) is 0 Å². The molecule has 108 valence electrons. The third kappa shape index (κ3) is 3.31. The van der Waals surface area contributed by atoms with Gasteiger partial charge in [-0.25, -0.2) is 9.97 Å². The summed E-state index contributed by atoms with van der Waals surface area (Å²) in [4.78, 5) is 8.56. The zero-order valence-electron chi connectivity index (χ0n) is 12.1. The van der Waals surface area contributed by atoms with Gasteiger partial charge in [0.1, 0.15) is 24.0 Å². The molecule has 2 aromatic rings. The average Bonchev–Trinajstić information content (AvgIpc) is 2.48. The third-order valence-electron chi connectivity index (χ3n) is 3.05. The molecule has 0 aliphatic rings. The maximum atomic E-state index is 9.24. The smallest absolute Gasteiger partial charge is 0.139 e. The van der Waals surface area contributed by atoms with Gasteiger partial charge in [-0.1, -0.05) is 29.8 Å². The molecule has 1 aromatic carbocycles. The van der Waals surface area contributed by atoms with E-state index in [1.54, 1.807) is 6.07 Å². The Bertz CT molecular complexity index is 691. The van der Waals surface area contributed by atoms with E-state index in [9.17, 15) is 5.26 Å². The lowest BCUT2D eigenvalue weighted by Crippen LogP contribution is -2.07. The summed E-state index contributed by atoms with van der Waals surface area (Å²) < 4.78 is 0.868. The van der Waals surface area contributed by atoms with Crippen LogP contribution < -0.4 is 10.6 Å². The van der Waals surface area contributed by atoms with Crippen molar-refractivity contribution in [2.45, 2.75) is 19.8 Å². The SMILES string of the molecule is CNc1ncnc(Nc2ccc(Br)cc2C#N)c1C(C)C. The van der Waals surface area contributed by atoms with Gasteiger partial charge in [0.05, 0.1) is 11.3 Å². The van der Waals surface area contributed by atoms with Crippen LogP contribution in [0.5, 0.6) is 0 Å². The summed E-state index contributed by atoms with van der Waals surface area (Å²) in [5, 5.41) is 15.6. The van der Waals surface area contributed by atoms with E-state index < -0.39 is 0 Å². The monoisotopic (exact) mass is 345 g/mol. The van der Waals surface area contributed by atoms with Gasteiger partial charge in [-0.05, 0) is 24.1 Å². The number of halogens is 1. The zero-order valence-corrected chi connectivity index (χ0v) is 13.7. The van der Waals surface area contributed by atoms with Crippen LogP contribution in [0.4, 0.5) is 17.3 Å². The second-order valence-electron chi connectivity index (χ2n) is 4.82. The number of hydrogen-bond donors (Lipinski definition) is 2. The van der Waals surface area contributed by atoms with Gasteiger partial charge in [0.2, 0.25) is 0 Å². The van der Waals surface area contributed by atoms with Gasteiger partial charge < -0.3 is 10.6 Å². The zero-order chi connectivity index (χ0) is 15.4. The Hall–Kier alpha value is -2.13. The van der Waals surface area contributed by atoms with E-state index in [0.717, 1.165) is 21.5 Å². The van der Waals surface area contributed by atoms with Crippen molar-refractivity contribution >= 4 is 33.3 Å². The predicted molar refractivity (Wildman–Crippen MR) is 87.8 cm³/mol. The maximum Gasteiger partial charge on any atom is 0.139 e. The lowest BCUT2D eigenvalue weighted by atomic mass is 10.0. The molecule has 0 fully saturated rings. The molecular weight excluding hydrogens is 330 g/mol. The quantitative estimate of drug-likeness (QED) is 0.875. The van der Waals surface area contributed by atoms with Crippen LogP contribution in [0.25, 0.3) is 0 Å². The van der Waals surface area contributed by atoms with E-state index in [0.29, 0.717) is 11.4 Å². The van der Waals surface area contributed by atoms with Crippen LogP contribution in [-0.2, 0) is 0 Å². The minimum Gasteiger partial charge on any atom is -0.373 e. The highest BCUT2D eigenvalue weighted by Crippen LogP contribution is 2.31. The molecule has 0 bridgehead atoms. The molecule has 0 amide bonds. The Morgan fingerprint density at radius 1 is 1.24 bits per heavy atom. The van der Waals surface area contributed by atoms with Gasteiger partial charge in [-0.15, -0.1) is 0 Å². The molecule has 2 rings (SSSR count). The van der Waals surface area contributed by atoms with Crippen molar-refractivity contribution < 1.29 is 0 Å². The summed E-state index contributed by atoms with van der Waals surface area (Å²) in [6.45, 7) is 4.16. The lowest BCUT2D eigenvalue weighted by Gasteiger charge is -2.17. The molecule has 1 heterocycles. The fraction of sp³-hybridized carbons (Fsp3) is 0.267. The van der Waals surface area contributed by atoms with E-state index in [1.165, 1.54) is 6.33 Å². The Labute approximate surface area is 132 Å². The highest BCUT2D eigenvalue weighted by molar-refractivity contribution is 9.10. The number of nitriles is 1. The van der Waals surface area contributed by atoms with Crippen LogP contribution in [0, 0.1) is 11.3 Å². The Kier molecular flexibility index (Phi) is 4.76. The maximum absolute atomic E-state index is 9.24. The second kappa shape index (κ2) is 6.55. The van der Waals surface area contributed by atoms with Crippen LogP contribution in [-0.4, -0.2) is 17.0 Å². The molecule has 5 nitrogen and oxygen atoms in total. The van der Waals surface area contributed by atoms with Crippen LogP contribution in [0.3, 0.4) is 0 Å². The highest BCUT2D eigenvalue weighted by Gasteiger charge is 2.15. The van der Waals surface area contributed by atoms with E-state index in [1.807, 2.05) is 19.2 Å². The minimum atomic E-state index is 0.247. The van der Waals surface area contributed by atoms with Crippen LogP contribution in [0.1, 0.15) is 30.9 Å². The van der Waals surface area contributed by atoms with E-state index in [-0.39, 0.29) is 5.92 Å². The van der Waals surface area contributed by atoms with Crippen LogP contribution >= 0.6 is 15.9 Å². The predicted octanol–water partition coefficient (Wildman–Crippen LogP) is 4.02. The molecule has 1 aromatic heterocycles.